The van der Waals surface area contributed by atoms with E-state index in [9.17, 15) is 4.79 Å². The molecule has 24 heavy (non-hydrogen) atoms. The fourth-order valence-corrected chi connectivity index (χ4v) is 2.80. The molecule has 0 saturated heterocycles. The third-order valence-electron chi connectivity index (χ3n) is 4.10. The van der Waals surface area contributed by atoms with E-state index in [1.807, 2.05) is 31.2 Å². The van der Waals surface area contributed by atoms with Crippen molar-refractivity contribution in [2.24, 2.45) is 0 Å². The van der Waals surface area contributed by atoms with Crippen LogP contribution in [0, 0.1) is 0 Å². The molecule has 4 aromatic rings. The highest BCUT2D eigenvalue weighted by molar-refractivity contribution is 5.89. The van der Waals surface area contributed by atoms with Crippen molar-refractivity contribution in [3.8, 4) is 0 Å². The number of hydrogen-bond acceptors (Lipinski definition) is 3. The standard InChI is InChI=1S/C21H15NO2/c1-14(16-11-10-15-6-2-3-7-17(15)13-16)12-20-22-19-9-5-4-8-18(19)21(23)24-20/h2-13H,1H3/b14-12+. The van der Waals surface area contributed by atoms with Gasteiger partial charge in [-0.1, -0.05) is 48.5 Å². The average Bonchev–Trinajstić information content (AvgIpc) is 2.61. The number of nitrogens with zero attached hydrogens (tertiary/aromatic N) is 1. The molecule has 3 nitrogen and oxygen atoms in total. The lowest BCUT2D eigenvalue weighted by Crippen LogP contribution is -2.02. The first kappa shape index (κ1) is 14.4. The first-order valence-corrected chi connectivity index (χ1v) is 7.78. The lowest BCUT2D eigenvalue weighted by Gasteiger charge is -2.04. The molecule has 0 spiro atoms. The van der Waals surface area contributed by atoms with Gasteiger partial charge in [-0.2, -0.15) is 0 Å². The van der Waals surface area contributed by atoms with Crippen LogP contribution in [0.5, 0.6) is 0 Å². The van der Waals surface area contributed by atoms with Crippen molar-refractivity contribution in [3.63, 3.8) is 0 Å². The van der Waals surface area contributed by atoms with Crippen molar-refractivity contribution in [3.05, 3.63) is 88.6 Å². The summed E-state index contributed by atoms with van der Waals surface area (Å²) < 4.78 is 5.33. The molecule has 0 atom stereocenters. The quantitative estimate of drug-likeness (QED) is 0.528. The topological polar surface area (TPSA) is 43.1 Å². The Bertz CT molecular complexity index is 1140. The monoisotopic (exact) mass is 313 g/mol. The average molecular weight is 313 g/mol. The van der Waals surface area contributed by atoms with Crippen molar-refractivity contribution in [1.82, 2.24) is 4.98 Å². The number of para-hydroxylation sites is 1. The van der Waals surface area contributed by atoms with Gasteiger partial charge in [0.2, 0.25) is 5.89 Å². The molecule has 3 heteroatoms. The highest BCUT2D eigenvalue weighted by Crippen LogP contribution is 2.22. The molecule has 0 fully saturated rings. The van der Waals surface area contributed by atoms with Crippen LogP contribution < -0.4 is 5.63 Å². The zero-order chi connectivity index (χ0) is 16.5. The molecule has 0 amide bonds. The number of hydrogen-bond donors (Lipinski definition) is 0. The van der Waals surface area contributed by atoms with Gasteiger partial charge < -0.3 is 4.42 Å². The highest BCUT2D eigenvalue weighted by Gasteiger charge is 2.05. The Kier molecular flexibility index (Phi) is 3.47. The molecule has 1 heterocycles. The number of rotatable bonds is 2. The Morgan fingerprint density at radius 1 is 0.958 bits per heavy atom. The normalized spacial score (nSPS) is 12.0. The third kappa shape index (κ3) is 2.61. The maximum absolute atomic E-state index is 12.1. The molecule has 1 aromatic heterocycles. The van der Waals surface area contributed by atoms with Crippen molar-refractivity contribution < 1.29 is 4.42 Å². The van der Waals surface area contributed by atoms with E-state index in [2.05, 4.69) is 35.3 Å². The molecule has 0 aliphatic rings. The summed E-state index contributed by atoms with van der Waals surface area (Å²) in [6.07, 6.45) is 1.80. The molecule has 0 radical (unpaired) electrons. The van der Waals surface area contributed by atoms with Gasteiger partial charge >= 0.3 is 5.63 Å². The maximum Gasteiger partial charge on any atom is 0.347 e. The predicted molar refractivity (Wildman–Crippen MR) is 97.8 cm³/mol. The predicted octanol–water partition coefficient (Wildman–Crippen LogP) is 4.90. The largest absolute Gasteiger partial charge is 0.404 e. The van der Waals surface area contributed by atoms with Crippen LogP contribution in [-0.4, -0.2) is 4.98 Å². The Morgan fingerprint density at radius 2 is 1.71 bits per heavy atom. The van der Waals surface area contributed by atoms with Crippen LogP contribution in [0.1, 0.15) is 18.4 Å². The summed E-state index contributed by atoms with van der Waals surface area (Å²) in [5.41, 5.74) is 2.35. The molecular weight excluding hydrogens is 298 g/mol. The number of benzene rings is 3. The summed E-state index contributed by atoms with van der Waals surface area (Å²) in [6.45, 7) is 1.99. The maximum atomic E-state index is 12.1. The van der Waals surface area contributed by atoms with Crippen molar-refractivity contribution >= 4 is 33.3 Å². The van der Waals surface area contributed by atoms with Crippen molar-refractivity contribution in [1.29, 1.82) is 0 Å². The highest BCUT2D eigenvalue weighted by atomic mass is 16.4. The van der Waals surface area contributed by atoms with Gasteiger partial charge in [-0.3, -0.25) is 0 Å². The van der Waals surface area contributed by atoms with Crippen LogP contribution in [-0.2, 0) is 0 Å². The second-order valence-electron chi connectivity index (χ2n) is 5.75. The zero-order valence-corrected chi connectivity index (χ0v) is 13.2. The number of allylic oxidation sites excluding steroid dienone is 1. The Morgan fingerprint density at radius 3 is 2.58 bits per heavy atom. The molecule has 0 unspecified atom stereocenters. The molecule has 0 N–H and O–H groups in total. The molecule has 0 bridgehead atoms. The van der Waals surface area contributed by atoms with E-state index in [4.69, 9.17) is 4.42 Å². The van der Waals surface area contributed by atoms with Crippen molar-refractivity contribution in [2.45, 2.75) is 6.92 Å². The molecule has 0 aliphatic heterocycles. The summed E-state index contributed by atoms with van der Waals surface area (Å²) in [6, 6.07) is 21.7. The SMILES string of the molecule is C/C(=C\c1nc2ccccc2c(=O)o1)c1ccc2ccccc2c1. The van der Waals surface area contributed by atoms with E-state index in [-0.39, 0.29) is 5.63 Å². The van der Waals surface area contributed by atoms with E-state index in [1.54, 1.807) is 18.2 Å². The van der Waals surface area contributed by atoms with E-state index < -0.39 is 0 Å². The van der Waals surface area contributed by atoms with Crippen LogP contribution in [0.3, 0.4) is 0 Å². The van der Waals surface area contributed by atoms with Gasteiger partial charge in [0.05, 0.1) is 10.9 Å². The summed E-state index contributed by atoms with van der Waals surface area (Å²) in [5.74, 6) is 0.323. The van der Waals surface area contributed by atoms with Crippen LogP contribution in [0.25, 0.3) is 33.3 Å². The number of fused-ring (bicyclic) bond motifs is 2. The van der Waals surface area contributed by atoms with E-state index in [1.165, 1.54) is 10.8 Å². The fraction of sp³-hybridized carbons (Fsp3) is 0.0476. The minimum atomic E-state index is -0.363. The van der Waals surface area contributed by atoms with Gasteiger partial charge in [-0.15, -0.1) is 0 Å². The molecule has 4 rings (SSSR count). The smallest absolute Gasteiger partial charge is 0.347 e. The fourth-order valence-electron chi connectivity index (χ4n) is 2.80. The van der Waals surface area contributed by atoms with Gasteiger partial charge in [0, 0.05) is 6.08 Å². The van der Waals surface area contributed by atoms with Gasteiger partial charge in [-0.05, 0) is 47.0 Å². The zero-order valence-electron chi connectivity index (χ0n) is 13.2. The second-order valence-corrected chi connectivity index (χ2v) is 5.75. The van der Waals surface area contributed by atoms with Crippen LogP contribution in [0.4, 0.5) is 0 Å². The minimum Gasteiger partial charge on any atom is -0.404 e. The lowest BCUT2D eigenvalue weighted by molar-refractivity contribution is 0.490. The summed E-state index contributed by atoms with van der Waals surface area (Å²) in [5, 5.41) is 2.87. The first-order chi connectivity index (χ1) is 11.7. The number of aromatic nitrogens is 1. The van der Waals surface area contributed by atoms with Gasteiger partial charge in [0.1, 0.15) is 0 Å². The summed E-state index contributed by atoms with van der Waals surface area (Å²) in [4.78, 5) is 16.5. The Balaban J connectivity index is 1.80. The van der Waals surface area contributed by atoms with Gasteiger partial charge in [0.15, 0.2) is 0 Å². The molecule has 0 saturated carbocycles. The molecule has 0 aliphatic carbocycles. The second kappa shape index (κ2) is 5.78. The molecule has 3 aromatic carbocycles. The molecular formula is C21H15NO2. The Hall–Kier alpha value is -3.20. The van der Waals surface area contributed by atoms with Gasteiger partial charge in [0.25, 0.3) is 0 Å². The van der Waals surface area contributed by atoms with Crippen LogP contribution >= 0.6 is 0 Å². The lowest BCUT2D eigenvalue weighted by atomic mass is 10.0. The van der Waals surface area contributed by atoms with E-state index in [0.717, 1.165) is 11.1 Å². The van der Waals surface area contributed by atoms with E-state index in [0.29, 0.717) is 16.8 Å². The minimum absolute atomic E-state index is 0.323. The Labute approximate surface area is 138 Å². The summed E-state index contributed by atoms with van der Waals surface area (Å²) >= 11 is 0. The molecule has 116 valence electrons. The van der Waals surface area contributed by atoms with Crippen molar-refractivity contribution in [2.75, 3.05) is 0 Å². The first-order valence-electron chi connectivity index (χ1n) is 7.78. The summed E-state index contributed by atoms with van der Waals surface area (Å²) in [7, 11) is 0. The van der Waals surface area contributed by atoms with Crippen LogP contribution in [0.2, 0.25) is 0 Å². The third-order valence-corrected chi connectivity index (χ3v) is 4.10. The van der Waals surface area contributed by atoms with Gasteiger partial charge in [-0.25, -0.2) is 9.78 Å². The van der Waals surface area contributed by atoms with Crippen LogP contribution in [0.15, 0.2) is 75.9 Å². The van der Waals surface area contributed by atoms with E-state index >= 15 is 0 Å².